The minimum Gasteiger partial charge on any atom is -0.381 e. The largest absolute Gasteiger partial charge is 0.381 e. The molecule has 0 aliphatic heterocycles. The molecule has 5 rings (SSSR count). The molecule has 212 valence electrons. The first-order chi connectivity index (χ1) is 19.7. The molecule has 1 aromatic carbocycles. The molecular weight excluding hydrogens is 516 g/mol. The fraction of sp³-hybridized carbons (Fsp3) is 0.323. The summed E-state index contributed by atoms with van der Waals surface area (Å²) in [6, 6.07) is 8.46. The molecule has 3 aromatic heterocycles. The van der Waals surface area contributed by atoms with Gasteiger partial charge in [-0.3, -0.25) is 14.3 Å². The van der Waals surface area contributed by atoms with E-state index >= 15 is 0 Å². The van der Waals surface area contributed by atoms with Crippen LogP contribution < -0.4 is 17.0 Å². The minimum atomic E-state index is -0.646. The molecule has 0 unspecified atom stereocenters. The molecule has 4 aromatic rings. The molecule has 1 saturated carbocycles. The Morgan fingerprint density at radius 2 is 1.98 bits per heavy atom. The number of hydrogen-bond acceptors (Lipinski definition) is 6. The SMILES string of the molecule is C=C/C=N\c1c(C(N)=O)c(N)nn1C.CCc1cc2cccc(C#Cc3cnn(C)c3)c2c(=O)n1C1CCCCC1. The third-order valence-electron chi connectivity index (χ3n) is 7.10. The van der Waals surface area contributed by atoms with Crippen LogP contribution in [0.1, 0.15) is 72.2 Å². The third-order valence-corrected chi connectivity index (χ3v) is 7.10. The molecule has 3 heterocycles. The number of rotatable bonds is 5. The third kappa shape index (κ3) is 6.47. The highest BCUT2D eigenvalue weighted by atomic mass is 16.1. The van der Waals surface area contributed by atoms with Crippen molar-refractivity contribution < 1.29 is 4.79 Å². The molecule has 0 radical (unpaired) electrons. The van der Waals surface area contributed by atoms with Gasteiger partial charge in [-0.2, -0.15) is 10.2 Å². The summed E-state index contributed by atoms with van der Waals surface area (Å²) in [6.45, 7) is 5.59. The van der Waals surface area contributed by atoms with Gasteiger partial charge in [0, 0.05) is 43.8 Å². The van der Waals surface area contributed by atoms with Gasteiger partial charge in [0.15, 0.2) is 11.6 Å². The van der Waals surface area contributed by atoms with Gasteiger partial charge >= 0.3 is 0 Å². The Morgan fingerprint density at radius 3 is 2.61 bits per heavy atom. The molecule has 4 N–H and O–H groups in total. The summed E-state index contributed by atoms with van der Waals surface area (Å²) in [4.78, 5) is 28.5. The molecule has 10 nitrogen and oxygen atoms in total. The Bertz CT molecular complexity index is 1720. The molecule has 1 amide bonds. The number of anilines is 1. The van der Waals surface area contributed by atoms with Crippen molar-refractivity contribution in [1.82, 2.24) is 24.1 Å². The Labute approximate surface area is 239 Å². The van der Waals surface area contributed by atoms with Crippen LogP contribution in [-0.2, 0) is 20.5 Å². The minimum absolute atomic E-state index is 0.0798. The maximum absolute atomic E-state index is 13.5. The van der Waals surface area contributed by atoms with E-state index in [2.05, 4.69) is 51.2 Å². The normalized spacial score (nSPS) is 13.4. The summed E-state index contributed by atoms with van der Waals surface area (Å²) < 4.78 is 5.18. The number of benzene rings is 1. The number of nitrogen functional groups attached to an aromatic ring is 1. The zero-order chi connectivity index (χ0) is 29.5. The molecule has 0 bridgehead atoms. The summed E-state index contributed by atoms with van der Waals surface area (Å²) in [7, 11) is 3.50. The molecule has 0 saturated heterocycles. The number of amides is 1. The zero-order valence-corrected chi connectivity index (χ0v) is 23.8. The maximum Gasteiger partial charge on any atom is 0.260 e. The van der Waals surface area contributed by atoms with Crippen LogP contribution in [0.5, 0.6) is 0 Å². The predicted octanol–water partition coefficient (Wildman–Crippen LogP) is 4.19. The summed E-state index contributed by atoms with van der Waals surface area (Å²) >= 11 is 0. The Hall–Kier alpha value is -4.91. The Kier molecular flexibility index (Phi) is 9.19. The fourth-order valence-electron chi connectivity index (χ4n) is 5.21. The molecule has 41 heavy (non-hydrogen) atoms. The standard InChI is InChI=1S/C23H25N3O.C8H11N5O/c1-3-20-14-19-9-7-8-18(13-12-17-15-24-25(2)16-17)22(19)23(27)26(20)21-10-5-4-6-11-21;1-3-4-11-8-5(7(10)14)6(9)12-13(8)2/h7-9,14-16,21H,3-6,10-11H2,1-2H3;3-4H,1H2,2H3,(H2,9,12)(H2,10,14)/b;11-4-. The van der Waals surface area contributed by atoms with Gasteiger partial charge in [-0.15, -0.1) is 0 Å². The van der Waals surface area contributed by atoms with Crippen LogP contribution in [0.15, 0.2) is 59.1 Å². The van der Waals surface area contributed by atoms with Crippen LogP contribution in [0.25, 0.3) is 10.8 Å². The van der Waals surface area contributed by atoms with E-state index in [0.29, 0.717) is 11.9 Å². The number of nitrogens with zero attached hydrogens (tertiary/aromatic N) is 6. The number of aliphatic imine (C=N–C) groups is 1. The number of carbonyl (C=O) groups is 1. The van der Waals surface area contributed by atoms with E-state index in [0.717, 1.165) is 46.9 Å². The Balaban J connectivity index is 0.000000234. The Morgan fingerprint density at radius 1 is 1.22 bits per heavy atom. The average molecular weight is 553 g/mol. The van der Waals surface area contributed by atoms with Crippen LogP contribution in [0, 0.1) is 11.8 Å². The first kappa shape index (κ1) is 29.1. The van der Waals surface area contributed by atoms with E-state index in [-0.39, 0.29) is 16.9 Å². The van der Waals surface area contributed by atoms with Gasteiger partial charge in [0.1, 0.15) is 5.56 Å². The summed E-state index contributed by atoms with van der Waals surface area (Å²) in [5.74, 6) is 6.12. The number of fused-ring (bicyclic) bond motifs is 1. The van der Waals surface area contributed by atoms with Crippen molar-refractivity contribution in [2.45, 2.75) is 51.5 Å². The lowest BCUT2D eigenvalue weighted by Crippen LogP contribution is -2.29. The molecule has 10 heteroatoms. The maximum atomic E-state index is 13.5. The smallest absolute Gasteiger partial charge is 0.260 e. The molecule has 1 aliphatic rings. The van der Waals surface area contributed by atoms with Crippen LogP contribution in [0.2, 0.25) is 0 Å². The van der Waals surface area contributed by atoms with E-state index in [4.69, 9.17) is 11.5 Å². The van der Waals surface area contributed by atoms with E-state index in [1.165, 1.54) is 36.2 Å². The van der Waals surface area contributed by atoms with Gasteiger partial charge in [0.2, 0.25) is 0 Å². The lowest BCUT2D eigenvalue weighted by Gasteiger charge is -2.27. The van der Waals surface area contributed by atoms with Crippen LogP contribution in [0.4, 0.5) is 11.6 Å². The predicted molar refractivity (Wildman–Crippen MR) is 163 cm³/mol. The second kappa shape index (κ2) is 13.0. The van der Waals surface area contributed by atoms with Crippen molar-refractivity contribution in [3.63, 3.8) is 0 Å². The van der Waals surface area contributed by atoms with Crippen LogP contribution in [0.3, 0.4) is 0 Å². The van der Waals surface area contributed by atoms with Gasteiger partial charge in [-0.25, -0.2) is 9.67 Å². The quantitative estimate of drug-likeness (QED) is 0.282. The topological polar surface area (TPSA) is 139 Å². The highest BCUT2D eigenvalue weighted by Gasteiger charge is 2.21. The van der Waals surface area contributed by atoms with Crippen molar-refractivity contribution in [3.05, 3.63) is 82.1 Å². The van der Waals surface area contributed by atoms with Crippen LogP contribution >= 0.6 is 0 Å². The molecule has 0 spiro atoms. The summed E-state index contributed by atoms with van der Waals surface area (Å²) in [6.07, 6.45) is 13.3. The average Bonchev–Trinajstić information content (AvgIpc) is 3.51. The molecular formula is C31H36N8O2. The van der Waals surface area contributed by atoms with Gasteiger partial charge < -0.3 is 16.0 Å². The second-order valence-corrected chi connectivity index (χ2v) is 9.96. The lowest BCUT2D eigenvalue weighted by atomic mass is 9.94. The molecule has 1 aliphatic carbocycles. The number of pyridine rings is 1. The zero-order valence-electron chi connectivity index (χ0n) is 23.8. The van der Waals surface area contributed by atoms with Crippen LogP contribution in [-0.4, -0.2) is 36.2 Å². The van der Waals surface area contributed by atoms with Crippen molar-refractivity contribution in [3.8, 4) is 11.8 Å². The van der Waals surface area contributed by atoms with Crippen molar-refractivity contribution in [1.29, 1.82) is 0 Å². The van der Waals surface area contributed by atoms with E-state index < -0.39 is 5.91 Å². The first-order valence-corrected chi connectivity index (χ1v) is 13.7. The number of aryl methyl sites for hydroxylation is 3. The highest BCUT2D eigenvalue weighted by Crippen LogP contribution is 2.29. The van der Waals surface area contributed by atoms with Crippen molar-refractivity contribution >= 4 is 34.5 Å². The highest BCUT2D eigenvalue weighted by molar-refractivity contribution is 6.02. The van der Waals surface area contributed by atoms with Gasteiger partial charge in [-0.1, -0.05) is 62.8 Å². The molecule has 0 atom stereocenters. The number of carbonyl (C=O) groups excluding carboxylic acids is 1. The number of primary amides is 1. The van der Waals surface area contributed by atoms with Crippen molar-refractivity contribution in [2.24, 2.45) is 24.8 Å². The number of nitrogens with two attached hydrogens (primary N) is 2. The number of hydrogen-bond donors (Lipinski definition) is 2. The van der Waals surface area contributed by atoms with E-state index in [1.54, 1.807) is 17.9 Å². The van der Waals surface area contributed by atoms with Gasteiger partial charge in [0.05, 0.1) is 17.1 Å². The monoisotopic (exact) mass is 552 g/mol. The van der Waals surface area contributed by atoms with E-state index in [1.807, 2.05) is 31.4 Å². The molecule has 1 fully saturated rings. The summed E-state index contributed by atoms with van der Waals surface area (Å²) in [5.41, 5.74) is 13.6. The summed E-state index contributed by atoms with van der Waals surface area (Å²) in [5, 5.41) is 9.72. The second-order valence-electron chi connectivity index (χ2n) is 9.96. The fourth-order valence-corrected chi connectivity index (χ4v) is 5.21. The van der Waals surface area contributed by atoms with Crippen molar-refractivity contribution in [2.75, 3.05) is 5.73 Å². The van der Waals surface area contributed by atoms with E-state index in [9.17, 15) is 9.59 Å². The van der Waals surface area contributed by atoms with Gasteiger partial charge in [-0.05, 0) is 36.8 Å². The lowest BCUT2D eigenvalue weighted by molar-refractivity contribution is 0.100. The first-order valence-electron chi connectivity index (χ1n) is 13.7. The number of aromatic nitrogens is 5. The number of allylic oxidation sites excluding steroid dienone is 1. The van der Waals surface area contributed by atoms with Gasteiger partial charge in [0.25, 0.3) is 11.5 Å².